The Morgan fingerprint density at radius 1 is 1.00 bits per heavy atom. The summed E-state index contributed by atoms with van der Waals surface area (Å²) in [5.74, 6) is 0. The Bertz CT molecular complexity index is 314. The molecule has 0 fully saturated rings. The second kappa shape index (κ2) is 5.42. The van der Waals surface area contributed by atoms with Gasteiger partial charge in [-0.1, -0.05) is 18.2 Å². The van der Waals surface area contributed by atoms with Crippen molar-refractivity contribution in [2.45, 2.75) is 44.7 Å². The van der Waals surface area contributed by atoms with Crippen LogP contribution in [0.5, 0.6) is 0 Å². The minimum atomic E-state index is -1.05. The first-order valence-electron chi connectivity index (χ1n) is 5.29. The van der Waals surface area contributed by atoms with Crippen molar-refractivity contribution in [1.29, 1.82) is 0 Å². The van der Waals surface area contributed by atoms with Crippen LogP contribution >= 0.6 is 0 Å². The lowest BCUT2D eigenvalue weighted by Crippen LogP contribution is -2.38. The van der Waals surface area contributed by atoms with Gasteiger partial charge in [-0.05, 0) is 39.8 Å². The quantitative estimate of drug-likeness (QED) is 0.771. The summed E-state index contributed by atoms with van der Waals surface area (Å²) in [6.45, 7) is 8.28. The summed E-state index contributed by atoms with van der Waals surface area (Å²) in [6.07, 6.45) is 0. The lowest BCUT2D eigenvalue weighted by molar-refractivity contribution is 0.320. The van der Waals surface area contributed by atoms with E-state index < -0.39 is 11.0 Å². The normalized spacial score (nSPS) is 13.8. The zero-order valence-corrected chi connectivity index (χ0v) is 10.6. The van der Waals surface area contributed by atoms with Crippen molar-refractivity contribution in [1.82, 2.24) is 4.31 Å². The Morgan fingerprint density at radius 2 is 1.47 bits per heavy atom. The van der Waals surface area contributed by atoms with Gasteiger partial charge in [0.1, 0.15) is 11.0 Å². The monoisotopic (exact) mass is 225 g/mol. The molecule has 1 aromatic rings. The molecule has 1 atom stereocenters. The van der Waals surface area contributed by atoms with Gasteiger partial charge in [-0.3, -0.25) is 0 Å². The van der Waals surface area contributed by atoms with Gasteiger partial charge in [0.25, 0.3) is 0 Å². The smallest absolute Gasteiger partial charge is 0.128 e. The fourth-order valence-corrected chi connectivity index (χ4v) is 3.04. The molecule has 0 aromatic heterocycles. The third-order valence-corrected chi connectivity index (χ3v) is 4.06. The van der Waals surface area contributed by atoms with Gasteiger partial charge in [-0.15, -0.1) is 0 Å². The van der Waals surface area contributed by atoms with E-state index in [0.29, 0.717) is 0 Å². The summed E-state index contributed by atoms with van der Waals surface area (Å²) in [7, 11) is -1.05. The van der Waals surface area contributed by atoms with Crippen molar-refractivity contribution in [2.75, 3.05) is 0 Å². The van der Waals surface area contributed by atoms with Gasteiger partial charge >= 0.3 is 0 Å². The summed E-state index contributed by atoms with van der Waals surface area (Å²) >= 11 is 0. The molecule has 0 N–H and O–H groups in total. The highest BCUT2D eigenvalue weighted by atomic mass is 32.2. The molecule has 0 amide bonds. The Morgan fingerprint density at radius 3 is 1.87 bits per heavy atom. The molecule has 0 radical (unpaired) electrons. The lowest BCUT2D eigenvalue weighted by atomic mass is 10.3. The van der Waals surface area contributed by atoms with Gasteiger partial charge in [0, 0.05) is 12.1 Å². The SMILES string of the molecule is CC(C)N(C(C)C)S(=O)c1ccccc1. The molecular formula is C12H19NOS. The Balaban J connectivity index is 2.92. The fraction of sp³-hybridized carbons (Fsp3) is 0.500. The van der Waals surface area contributed by atoms with Gasteiger partial charge in [0.15, 0.2) is 0 Å². The van der Waals surface area contributed by atoms with Crippen LogP contribution in [0.1, 0.15) is 27.7 Å². The first-order chi connectivity index (χ1) is 7.04. The lowest BCUT2D eigenvalue weighted by Gasteiger charge is -2.28. The summed E-state index contributed by atoms with van der Waals surface area (Å²) < 4.78 is 14.3. The zero-order chi connectivity index (χ0) is 11.4. The van der Waals surface area contributed by atoms with Gasteiger partial charge in [0.05, 0.1) is 4.90 Å². The number of hydrogen-bond acceptors (Lipinski definition) is 1. The van der Waals surface area contributed by atoms with E-state index in [1.807, 2.05) is 34.6 Å². The highest BCUT2D eigenvalue weighted by Gasteiger charge is 2.20. The topological polar surface area (TPSA) is 20.3 Å². The third-order valence-electron chi connectivity index (χ3n) is 2.15. The van der Waals surface area contributed by atoms with Crippen LogP contribution in [-0.4, -0.2) is 20.6 Å². The number of benzene rings is 1. The molecule has 1 unspecified atom stereocenters. The molecule has 0 aliphatic heterocycles. The minimum Gasteiger partial charge on any atom is -0.237 e. The second-order valence-corrected chi connectivity index (χ2v) is 5.50. The molecule has 15 heavy (non-hydrogen) atoms. The maximum atomic E-state index is 12.3. The Labute approximate surface area is 94.9 Å². The highest BCUT2D eigenvalue weighted by molar-refractivity contribution is 7.82. The fourth-order valence-electron chi connectivity index (χ4n) is 1.64. The van der Waals surface area contributed by atoms with Crippen molar-refractivity contribution in [3.05, 3.63) is 30.3 Å². The molecule has 0 aliphatic rings. The highest BCUT2D eigenvalue weighted by Crippen LogP contribution is 2.16. The van der Waals surface area contributed by atoms with Crippen LogP contribution in [0, 0.1) is 0 Å². The Kier molecular flexibility index (Phi) is 4.48. The van der Waals surface area contributed by atoms with E-state index >= 15 is 0 Å². The predicted molar refractivity (Wildman–Crippen MR) is 65.0 cm³/mol. The van der Waals surface area contributed by atoms with Crippen molar-refractivity contribution >= 4 is 11.0 Å². The van der Waals surface area contributed by atoms with E-state index in [0.717, 1.165) is 4.90 Å². The van der Waals surface area contributed by atoms with Crippen LogP contribution in [0.25, 0.3) is 0 Å². The zero-order valence-electron chi connectivity index (χ0n) is 9.81. The number of rotatable bonds is 4. The standard InChI is InChI=1S/C12H19NOS/c1-10(2)13(11(3)4)15(14)12-8-6-5-7-9-12/h5-11H,1-4H3. The van der Waals surface area contributed by atoms with E-state index in [9.17, 15) is 4.21 Å². The van der Waals surface area contributed by atoms with E-state index in [-0.39, 0.29) is 12.1 Å². The first-order valence-corrected chi connectivity index (χ1v) is 6.40. The molecule has 0 aliphatic carbocycles. The van der Waals surface area contributed by atoms with Crippen LogP contribution < -0.4 is 0 Å². The van der Waals surface area contributed by atoms with E-state index in [2.05, 4.69) is 27.7 Å². The van der Waals surface area contributed by atoms with Gasteiger partial charge in [-0.2, -0.15) is 0 Å². The largest absolute Gasteiger partial charge is 0.237 e. The van der Waals surface area contributed by atoms with Crippen LogP contribution in [0.3, 0.4) is 0 Å². The molecule has 0 bridgehead atoms. The van der Waals surface area contributed by atoms with E-state index in [4.69, 9.17) is 0 Å². The van der Waals surface area contributed by atoms with Crippen molar-refractivity contribution < 1.29 is 4.21 Å². The number of hydrogen-bond donors (Lipinski definition) is 0. The van der Waals surface area contributed by atoms with Crippen LogP contribution in [-0.2, 0) is 11.0 Å². The molecule has 0 spiro atoms. The molecule has 84 valence electrons. The maximum absolute atomic E-state index is 12.3. The molecule has 2 nitrogen and oxygen atoms in total. The van der Waals surface area contributed by atoms with E-state index in [1.165, 1.54) is 0 Å². The summed E-state index contributed by atoms with van der Waals surface area (Å²) in [6, 6.07) is 10.2. The average molecular weight is 225 g/mol. The van der Waals surface area contributed by atoms with E-state index in [1.54, 1.807) is 0 Å². The molecular weight excluding hydrogens is 206 g/mol. The summed E-state index contributed by atoms with van der Waals surface area (Å²) in [5, 5.41) is 0. The van der Waals surface area contributed by atoms with Crippen LogP contribution in [0.4, 0.5) is 0 Å². The predicted octanol–water partition coefficient (Wildman–Crippen LogP) is 2.83. The molecule has 1 rings (SSSR count). The Hall–Kier alpha value is -0.670. The molecule has 0 heterocycles. The summed E-state index contributed by atoms with van der Waals surface area (Å²) in [5.41, 5.74) is 0. The van der Waals surface area contributed by atoms with Crippen molar-refractivity contribution in [3.8, 4) is 0 Å². The minimum absolute atomic E-state index is 0.283. The molecule has 1 aromatic carbocycles. The first kappa shape index (κ1) is 12.4. The van der Waals surface area contributed by atoms with Gasteiger partial charge in [0.2, 0.25) is 0 Å². The molecule has 0 saturated carbocycles. The maximum Gasteiger partial charge on any atom is 0.128 e. The second-order valence-electron chi connectivity index (χ2n) is 4.11. The molecule has 0 saturated heterocycles. The summed E-state index contributed by atoms with van der Waals surface area (Å²) in [4.78, 5) is 0.875. The number of nitrogens with zero attached hydrogens (tertiary/aromatic N) is 1. The third kappa shape index (κ3) is 3.14. The molecule has 3 heteroatoms. The van der Waals surface area contributed by atoms with Gasteiger partial charge in [-0.25, -0.2) is 8.51 Å². The van der Waals surface area contributed by atoms with Crippen LogP contribution in [0.2, 0.25) is 0 Å². The van der Waals surface area contributed by atoms with Crippen molar-refractivity contribution in [2.24, 2.45) is 0 Å². The van der Waals surface area contributed by atoms with Gasteiger partial charge < -0.3 is 0 Å². The van der Waals surface area contributed by atoms with Crippen LogP contribution in [0.15, 0.2) is 35.2 Å². The average Bonchev–Trinajstić information content (AvgIpc) is 2.18. The van der Waals surface area contributed by atoms with Crippen molar-refractivity contribution in [3.63, 3.8) is 0 Å².